The first kappa shape index (κ1) is 96.6. The third-order valence-corrected chi connectivity index (χ3v) is 22.8. The van der Waals surface area contributed by atoms with Crippen LogP contribution in [0.2, 0.25) is 0 Å². The summed E-state index contributed by atoms with van der Waals surface area (Å²) in [6.45, 7) is 3.22. The van der Waals surface area contributed by atoms with Crippen molar-refractivity contribution >= 4 is 46.8 Å². The van der Waals surface area contributed by atoms with Crippen LogP contribution in [0.1, 0.15) is 22.3 Å². The molecule has 13 aliphatic rings. The number of aldehydes is 1. The van der Waals surface area contributed by atoms with E-state index in [9.17, 15) is 102 Å². The van der Waals surface area contributed by atoms with Crippen molar-refractivity contribution in [3.05, 3.63) is 119 Å². The zero-order valence-electron chi connectivity index (χ0n) is 59.2. The molecule has 13 fully saturated rings. The first-order valence-corrected chi connectivity index (χ1v) is 38.0. The molecule has 114 heavy (non-hydrogen) atoms. The largest absolute Gasteiger partial charge is 1.00 e. The topological polar surface area (TPSA) is 506 Å². The molecule has 52 heteroatoms. The van der Waals surface area contributed by atoms with Gasteiger partial charge < -0.3 is 93.7 Å². The Hall–Kier alpha value is -4.53. The number of aliphatic hydroxyl groups is 9. The van der Waals surface area contributed by atoms with E-state index in [4.69, 9.17) is 99.9 Å². The van der Waals surface area contributed by atoms with Crippen molar-refractivity contribution in [1.82, 2.24) is 0 Å². The van der Waals surface area contributed by atoms with Crippen molar-refractivity contribution in [1.29, 1.82) is 0 Å². The number of hydrogen-bond donors (Lipinski definition) is 9. The van der Waals surface area contributed by atoms with Crippen LogP contribution in [0.15, 0.2) is 117 Å². The van der Waals surface area contributed by atoms with Gasteiger partial charge in [-0.15, -0.1) is 39.5 Å². The minimum Gasteiger partial charge on any atom is -0.857 e. The Balaban J connectivity index is 0.000000212. The summed E-state index contributed by atoms with van der Waals surface area (Å²) >= 11 is 0. The summed E-state index contributed by atoms with van der Waals surface area (Å²) in [6.07, 6.45) is -59.2. The monoisotopic (exact) mass is 1750 g/mol. The molecule has 4 saturated carbocycles. The minimum atomic E-state index is -5.20. The van der Waals surface area contributed by atoms with Gasteiger partial charge in [-0.3, -0.25) is 35.7 Å². The predicted octanol–water partition coefficient (Wildman–Crippen LogP) is -3.33. The molecule has 9 aliphatic heterocycles. The van der Waals surface area contributed by atoms with Gasteiger partial charge in [0.15, 0.2) is 0 Å². The molecule has 16 unspecified atom stereocenters. The van der Waals surface area contributed by atoms with Gasteiger partial charge in [0.1, 0.15) is 146 Å². The number of benzene rings is 4. The number of rotatable bonds is 15. The smallest absolute Gasteiger partial charge is 0.857 e. The van der Waals surface area contributed by atoms with Gasteiger partial charge in [-0.2, -0.15) is 54.0 Å². The fourth-order valence-electron chi connectivity index (χ4n) is 12.4. The number of alkyl halides is 12. The molecule has 0 spiro atoms. The van der Waals surface area contributed by atoms with Crippen LogP contribution >= 0.6 is 0 Å². The number of hydrogen-bond acceptors (Lipinski definition) is 35. The maximum atomic E-state index is 13.3. The normalized spacial score (nSPS) is 34.9. The molecule has 9 heterocycles. The van der Waals surface area contributed by atoms with Crippen LogP contribution < -0.4 is 34.7 Å². The van der Waals surface area contributed by atoms with Crippen LogP contribution in [0, 0.1) is 27.7 Å². The molecule has 12 bridgehead atoms. The van der Waals surface area contributed by atoms with Crippen LogP contribution in [-0.4, -0.2) is 291 Å². The predicted molar refractivity (Wildman–Crippen MR) is 335 cm³/mol. The first-order chi connectivity index (χ1) is 52.4. The second-order valence-corrected chi connectivity index (χ2v) is 31.5. The summed E-state index contributed by atoms with van der Waals surface area (Å²) in [5.41, 5.74) is 3.23. The van der Waals surface area contributed by atoms with Crippen molar-refractivity contribution in [2.24, 2.45) is 0 Å². The van der Waals surface area contributed by atoms with E-state index < -0.39 is 238 Å². The molecule has 16 atom stereocenters. The van der Waals surface area contributed by atoms with E-state index in [1.807, 2.05) is 13.8 Å². The number of carbonyl (C=O) groups excluding carboxylic acids is 1. The van der Waals surface area contributed by atoms with Gasteiger partial charge in [0, 0.05) is 7.11 Å². The Kier molecular flexibility index (Phi) is 32.2. The van der Waals surface area contributed by atoms with E-state index in [1.54, 1.807) is 38.1 Å². The van der Waals surface area contributed by atoms with Crippen molar-refractivity contribution in [3.63, 3.8) is 0 Å². The Labute approximate surface area is 660 Å². The summed E-state index contributed by atoms with van der Waals surface area (Å²) in [6, 6.07) is 23.0. The Morgan fingerprint density at radius 3 is 0.719 bits per heavy atom. The molecular formula is C62H71F12NaO35S4. The molecular weight excluding hydrogens is 1680 g/mol. The summed E-state index contributed by atoms with van der Waals surface area (Å²) < 4.78 is 327. The van der Waals surface area contributed by atoms with Crippen LogP contribution in [0.5, 0.6) is 0 Å². The van der Waals surface area contributed by atoms with E-state index in [2.05, 4.69) is 14.2 Å². The number of ether oxygens (including phenoxy) is 12. The summed E-state index contributed by atoms with van der Waals surface area (Å²) in [7, 11) is -15.9. The van der Waals surface area contributed by atoms with Gasteiger partial charge in [0.25, 0.3) is 59.9 Å². The Morgan fingerprint density at radius 1 is 0.307 bits per heavy atom. The zero-order chi connectivity index (χ0) is 84.5. The van der Waals surface area contributed by atoms with E-state index >= 15 is 0 Å². The molecule has 4 aromatic rings. The van der Waals surface area contributed by atoms with E-state index in [0.717, 1.165) is 36.5 Å². The fraction of sp³-hybridized carbons (Fsp3) is 0.597. The summed E-state index contributed by atoms with van der Waals surface area (Å²) in [5, 5.41) is 90.8. The average Bonchev–Trinajstić information content (AvgIpc) is 0.720. The quantitative estimate of drug-likeness (QED) is 0.0243. The Bertz CT molecular complexity index is 4060. The minimum absolute atomic E-state index is 0. The standard InChI is InChI=1S/C22H21F3O10S2.C21H22O10S2.C8H9F3O6.C7H11F3O6.C2HF3O.CH4O.CH3O.Na/c1-11-3-7-13(8-4-11)36(26,27)34-19-15-18(33-22(23,24)25)16-20(17(19)32-21(30-15)31-16)35-37(28,29)14-9-5-12(2)6-10-14;1-11-3-7-13(8-4-11)32(23,24)30-19-16-15(22)17-20(18(19)29-21(27-16)28-17)31-33(25,26)14-9-5-12(2)6-10-14;9-8(10,11)17-6-4-1(12)3-2(13)5(6)16-7(14-3)15-4;8-7(9,10)16-6-4(14)2(12)1(11)3(13)5(6)15;3-2(4,5)1-6;2*1-2;/h3-10,15-21H,1-2H3;3-10,15-22H,1-2H3;1-7,12-13H;1-6,11-15H;1H;2H,1H3;1H3;/q;;;;;;-1;+1. The van der Waals surface area contributed by atoms with Crippen LogP contribution in [0.25, 0.3) is 0 Å². The van der Waals surface area contributed by atoms with Gasteiger partial charge in [0.05, 0.1) is 19.6 Å². The van der Waals surface area contributed by atoms with Gasteiger partial charge in [-0.25, -0.2) is 0 Å². The molecule has 0 aromatic heterocycles. The molecule has 4 aromatic carbocycles. The van der Waals surface area contributed by atoms with Gasteiger partial charge in [0.2, 0.25) is 6.29 Å². The molecule has 638 valence electrons. The van der Waals surface area contributed by atoms with E-state index in [0.29, 0.717) is 0 Å². The van der Waals surface area contributed by atoms with E-state index in [1.165, 1.54) is 72.8 Å². The SMILES string of the molecule is CO.C[O-].Cc1ccc(S(=O)(=O)OC2C3OC4OC(C3O)C(OS(=O)(=O)c3ccc(C)cc3)C2O4)cc1.Cc1ccc(S(=O)(=O)OC2C3OC4OC(C3OC(F)(F)F)C(OS(=O)(=O)c3ccc(C)cc3)C2O4)cc1.O=CC(F)(F)F.OC1C(O)C(O)C(OC(F)(F)F)C(O)C1O.OC1C2OC3OC1C(OC(F)(F)F)C(O3)C2O.[Na+]. The number of carbonyl (C=O) groups is 1. The average molecular weight is 1760 g/mol. The van der Waals surface area contributed by atoms with Gasteiger partial charge >= 0.3 is 54.8 Å². The Morgan fingerprint density at radius 2 is 0.482 bits per heavy atom. The van der Waals surface area contributed by atoms with Crippen molar-refractivity contribution in [3.8, 4) is 0 Å². The molecule has 9 N–H and O–H groups in total. The first-order valence-electron chi connectivity index (χ1n) is 32.3. The summed E-state index contributed by atoms with van der Waals surface area (Å²) in [5.74, 6) is 0. The summed E-state index contributed by atoms with van der Waals surface area (Å²) in [4.78, 5) is 7.95. The van der Waals surface area contributed by atoms with E-state index in [-0.39, 0.29) is 49.1 Å². The van der Waals surface area contributed by atoms with Crippen molar-refractivity contribution in [2.45, 2.75) is 238 Å². The van der Waals surface area contributed by atoms with Crippen molar-refractivity contribution in [2.75, 3.05) is 14.2 Å². The number of halogens is 12. The molecule has 9 saturated heterocycles. The van der Waals surface area contributed by atoms with Gasteiger partial charge in [-0.05, 0) is 76.2 Å². The third-order valence-electron chi connectivity index (χ3n) is 17.5. The van der Waals surface area contributed by atoms with Crippen molar-refractivity contribution < 1.29 is 245 Å². The number of aliphatic hydroxyl groups excluding tert-OH is 9. The van der Waals surface area contributed by atoms with Gasteiger partial charge in [-0.1, -0.05) is 70.8 Å². The van der Waals surface area contributed by atoms with Crippen LogP contribution in [0.4, 0.5) is 52.7 Å². The number of aryl methyl sites for hydroxylation is 4. The van der Waals surface area contributed by atoms with Crippen LogP contribution in [-0.2, 0) is 119 Å². The second-order valence-electron chi connectivity index (χ2n) is 25.3. The molecule has 35 nitrogen and oxygen atoms in total. The third kappa shape index (κ3) is 23.1. The molecule has 17 rings (SSSR count). The second kappa shape index (κ2) is 38.0. The molecule has 0 radical (unpaired) electrons. The van der Waals surface area contributed by atoms with Crippen LogP contribution in [0.3, 0.4) is 0 Å². The fourth-order valence-corrected chi connectivity index (χ4v) is 16.8. The maximum Gasteiger partial charge on any atom is 1.00 e. The zero-order valence-corrected chi connectivity index (χ0v) is 64.5. The maximum absolute atomic E-state index is 13.3. The molecule has 0 amide bonds. The molecule has 4 aliphatic carbocycles.